The van der Waals surface area contributed by atoms with Gasteiger partial charge in [-0.15, -0.1) is 12.8 Å². The van der Waals surface area contributed by atoms with Crippen LogP contribution in [0.5, 0.6) is 0 Å². The van der Waals surface area contributed by atoms with Crippen LogP contribution in [0.1, 0.15) is 49.4 Å². The number of aliphatic imine (C=N–C) groups is 1. The zero-order chi connectivity index (χ0) is 29.9. The smallest absolute Gasteiger partial charge is 0.0692 e. The highest BCUT2D eigenvalue weighted by molar-refractivity contribution is 5.95. The normalized spacial score (nSPS) is 16.3. The van der Waals surface area contributed by atoms with Crippen molar-refractivity contribution in [1.82, 2.24) is 9.88 Å². The lowest BCUT2D eigenvalue weighted by molar-refractivity contribution is 0.371. The number of aromatic nitrogens is 1. The van der Waals surface area contributed by atoms with Gasteiger partial charge in [-0.2, -0.15) is 0 Å². The number of nitrogens with two attached hydrogens (primary N) is 1. The van der Waals surface area contributed by atoms with Gasteiger partial charge in [0.15, 0.2) is 0 Å². The Bertz CT molecular complexity index is 1550. The number of hydrogen-bond donors (Lipinski definition) is 2. The van der Waals surface area contributed by atoms with Crippen molar-refractivity contribution in [1.29, 1.82) is 0 Å². The zero-order valence-corrected chi connectivity index (χ0v) is 25.0. The summed E-state index contributed by atoms with van der Waals surface area (Å²) in [6.45, 7) is 13.1. The summed E-state index contributed by atoms with van der Waals surface area (Å²) in [6, 6.07) is 15.8. The number of aromatic amines is 1. The summed E-state index contributed by atoms with van der Waals surface area (Å²) in [6.07, 6.45) is 26.0. The minimum absolute atomic E-state index is 0.760. The quantitative estimate of drug-likeness (QED) is 0.142. The Morgan fingerprint density at radius 3 is 2.57 bits per heavy atom. The lowest BCUT2D eigenvalue weighted by Gasteiger charge is -2.15. The molecule has 0 bridgehead atoms. The van der Waals surface area contributed by atoms with Crippen LogP contribution in [-0.2, 0) is 19.3 Å². The maximum absolute atomic E-state index is 6.45. The molecule has 1 aromatic heterocycles. The van der Waals surface area contributed by atoms with Gasteiger partial charge < -0.3 is 10.7 Å². The molecule has 0 saturated carbocycles. The molecular formula is C38H44N4. The number of terminal acetylenes is 1. The highest BCUT2D eigenvalue weighted by Gasteiger charge is 2.14. The standard InChI is InChI=1S/C36H42N4.C2H2/c1-4-26(25-40-20-6-7-21-40)22-27(5-2)35(38-3)19-17-31(37)16-18-32-24-34-33(12-9-13-36(34)39-32)30-15-14-28-10-8-11-29(28)23-30;1-2/h4-5,9,12-15,17,19,22-24,39H,1,3,6-8,10-11,16,18,20-21,25,37H2,2H3;1-2H/b26-22+,27-5+,31-17+,35-19-;. The number of hydrogen-bond acceptors (Lipinski definition) is 3. The van der Waals surface area contributed by atoms with Crippen molar-refractivity contribution < 1.29 is 0 Å². The minimum atomic E-state index is 0.760. The molecule has 5 rings (SSSR count). The first-order chi connectivity index (χ1) is 20.6. The Labute approximate surface area is 252 Å². The highest BCUT2D eigenvalue weighted by atomic mass is 15.1. The van der Waals surface area contributed by atoms with Gasteiger partial charge in [0, 0.05) is 28.8 Å². The number of benzene rings is 2. The molecule has 42 heavy (non-hydrogen) atoms. The van der Waals surface area contributed by atoms with Gasteiger partial charge in [-0.05, 0) is 135 Å². The van der Waals surface area contributed by atoms with Crippen molar-refractivity contribution in [2.45, 2.75) is 51.9 Å². The van der Waals surface area contributed by atoms with E-state index in [1.54, 1.807) is 0 Å². The fourth-order valence-electron chi connectivity index (χ4n) is 6.00. The lowest BCUT2D eigenvalue weighted by Crippen LogP contribution is -2.21. The molecule has 2 aliphatic rings. The van der Waals surface area contributed by atoms with Gasteiger partial charge in [-0.1, -0.05) is 49.1 Å². The second kappa shape index (κ2) is 15.1. The van der Waals surface area contributed by atoms with Crippen molar-refractivity contribution in [2.24, 2.45) is 10.7 Å². The van der Waals surface area contributed by atoms with Crippen LogP contribution >= 0.6 is 0 Å². The van der Waals surface area contributed by atoms with Gasteiger partial charge in [0.2, 0.25) is 0 Å². The summed E-state index contributed by atoms with van der Waals surface area (Å²) >= 11 is 0. The average Bonchev–Trinajstić information content (AvgIpc) is 3.80. The highest BCUT2D eigenvalue weighted by Crippen LogP contribution is 2.33. The fraction of sp³-hybridized carbons (Fsp3) is 0.289. The van der Waals surface area contributed by atoms with E-state index in [0.29, 0.717) is 0 Å². The first-order valence-electron chi connectivity index (χ1n) is 15.0. The monoisotopic (exact) mass is 556 g/mol. The van der Waals surface area contributed by atoms with E-state index in [2.05, 4.69) is 95.6 Å². The van der Waals surface area contributed by atoms with Crippen LogP contribution in [-0.4, -0.2) is 36.2 Å². The molecule has 2 heterocycles. The first-order valence-corrected chi connectivity index (χ1v) is 15.0. The average molecular weight is 557 g/mol. The summed E-state index contributed by atoms with van der Waals surface area (Å²) in [5.74, 6) is 0. The number of likely N-dealkylation sites (tertiary alicyclic amines) is 1. The lowest BCUT2D eigenvalue weighted by atomic mass is 9.98. The largest absolute Gasteiger partial charge is 0.402 e. The second-order valence-electron chi connectivity index (χ2n) is 11.0. The van der Waals surface area contributed by atoms with E-state index in [1.165, 1.54) is 76.5 Å². The van der Waals surface area contributed by atoms with E-state index >= 15 is 0 Å². The molecule has 2 aromatic carbocycles. The third kappa shape index (κ3) is 7.49. The van der Waals surface area contributed by atoms with Crippen LogP contribution in [0.4, 0.5) is 0 Å². The maximum Gasteiger partial charge on any atom is 0.0692 e. The Hall–Kier alpha value is -4.33. The maximum atomic E-state index is 6.45. The minimum Gasteiger partial charge on any atom is -0.402 e. The van der Waals surface area contributed by atoms with E-state index < -0.39 is 0 Å². The van der Waals surface area contributed by atoms with Gasteiger partial charge >= 0.3 is 0 Å². The van der Waals surface area contributed by atoms with Crippen LogP contribution in [0.15, 0.2) is 107 Å². The van der Waals surface area contributed by atoms with Gasteiger partial charge in [0.05, 0.1) is 5.70 Å². The third-order valence-corrected chi connectivity index (χ3v) is 8.25. The molecule has 1 aliphatic heterocycles. The predicted molar refractivity (Wildman–Crippen MR) is 182 cm³/mol. The SMILES string of the molecule is C#C.C=C\C(=C/C(=C\C)C(=C/C=C(/N)CCc1cc2c(-c3ccc4c(c3)CCC4)cccc2[nH]1)/N=C)CN1CCCC1. The second-order valence-corrected chi connectivity index (χ2v) is 11.0. The van der Waals surface area contributed by atoms with Crippen LogP contribution in [0.25, 0.3) is 22.0 Å². The number of nitrogens with one attached hydrogen (secondary N) is 1. The topological polar surface area (TPSA) is 57.4 Å². The summed E-state index contributed by atoms with van der Waals surface area (Å²) in [5.41, 5.74) is 18.3. The number of fused-ring (bicyclic) bond motifs is 2. The van der Waals surface area contributed by atoms with Gasteiger partial charge in [-0.25, -0.2) is 0 Å². The molecule has 4 nitrogen and oxygen atoms in total. The molecule has 0 spiro atoms. The molecule has 1 fully saturated rings. The Balaban J connectivity index is 0.00000198. The number of aryl methyl sites for hydroxylation is 3. The van der Waals surface area contributed by atoms with Crippen molar-refractivity contribution in [3.05, 3.63) is 119 Å². The van der Waals surface area contributed by atoms with Gasteiger partial charge in [0.25, 0.3) is 0 Å². The van der Waals surface area contributed by atoms with Crippen LogP contribution in [0.2, 0.25) is 0 Å². The van der Waals surface area contributed by atoms with Gasteiger partial charge in [0.1, 0.15) is 0 Å². The van der Waals surface area contributed by atoms with E-state index in [1.807, 2.05) is 25.2 Å². The molecule has 4 heteroatoms. The predicted octanol–water partition coefficient (Wildman–Crippen LogP) is 8.09. The molecule has 3 aromatic rings. The van der Waals surface area contributed by atoms with Crippen molar-refractivity contribution in [3.63, 3.8) is 0 Å². The van der Waals surface area contributed by atoms with Crippen molar-refractivity contribution >= 4 is 17.6 Å². The molecule has 0 unspecified atom stereocenters. The Morgan fingerprint density at radius 1 is 1.05 bits per heavy atom. The van der Waals surface area contributed by atoms with Crippen molar-refractivity contribution in [3.8, 4) is 24.0 Å². The number of rotatable bonds is 11. The molecule has 0 atom stereocenters. The summed E-state index contributed by atoms with van der Waals surface area (Å²) in [5, 5.41) is 1.27. The van der Waals surface area contributed by atoms with Crippen LogP contribution < -0.4 is 5.73 Å². The summed E-state index contributed by atoms with van der Waals surface area (Å²) in [4.78, 5) is 10.4. The van der Waals surface area contributed by atoms with E-state index in [9.17, 15) is 0 Å². The molecule has 0 amide bonds. The van der Waals surface area contributed by atoms with Crippen molar-refractivity contribution in [2.75, 3.05) is 19.6 Å². The van der Waals surface area contributed by atoms with E-state index in [4.69, 9.17) is 5.73 Å². The summed E-state index contributed by atoms with van der Waals surface area (Å²) in [7, 11) is 0. The third-order valence-electron chi connectivity index (χ3n) is 8.25. The summed E-state index contributed by atoms with van der Waals surface area (Å²) < 4.78 is 0. The van der Waals surface area contributed by atoms with E-state index in [-0.39, 0.29) is 0 Å². The molecule has 1 saturated heterocycles. The van der Waals surface area contributed by atoms with Crippen LogP contribution in [0.3, 0.4) is 0 Å². The van der Waals surface area contributed by atoms with Gasteiger partial charge in [-0.3, -0.25) is 9.89 Å². The molecule has 0 radical (unpaired) electrons. The number of H-pyrrole nitrogens is 1. The Morgan fingerprint density at radius 2 is 1.83 bits per heavy atom. The number of nitrogens with zero attached hydrogens (tertiary/aromatic N) is 2. The molecule has 1 aliphatic carbocycles. The molecule has 216 valence electrons. The Kier molecular flexibility index (Phi) is 11.0. The zero-order valence-electron chi connectivity index (χ0n) is 25.0. The fourth-order valence-corrected chi connectivity index (χ4v) is 6.00. The number of allylic oxidation sites excluding steroid dienone is 5. The first kappa shape index (κ1) is 30.6. The van der Waals surface area contributed by atoms with E-state index in [0.717, 1.165) is 49.4 Å². The van der Waals surface area contributed by atoms with Crippen LogP contribution in [0, 0.1) is 12.8 Å². The molecular weight excluding hydrogens is 512 g/mol. The molecule has 3 N–H and O–H groups in total.